The SMILES string of the molecule is O=C(N[C@@H]1CCCC[C@@H]1C(=O)N1CC[C@@H]2[C@H](C3C=CC=CC3)Nc3ccccc3[C@@H]21)c1ccc(Cl)cc1. The summed E-state index contributed by atoms with van der Waals surface area (Å²) in [5.74, 6) is 0.655. The Morgan fingerprint density at radius 3 is 2.59 bits per heavy atom. The van der Waals surface area contributed by atoms with Crippen molar-refractivity contribution in [2.45, 2.75) is 56.7 Å². The number of rotatable bonds is 4. The molecule has 2 aromatic carbocycles. The van der Waals surface area contributed by atoms with Crippen molar-refractivity contribution in [2.24, 2.45) is 17.8 Å². The van der Waals surface area contributed by atoms with E-state index in [1.165, 1.54) is 5.56 Å². The lowest BCUT2D eigenvalue weighted by Gasteiger charge is -2.44. The third-order valence-electron chi connectivity index (χ3n) is 8.77. The van der Waals surface area contributed by atoms with E-state index in [0.29, 0.717) is 28.5 Å². The zero-order valence-electron chi connectivity index (χ0n) is 21.0. The highest BCUT2D eigenvalue weighted by molar-refractivity contribution is 6.30. The van der Waals surface area contributed by atoms with Gasteiger partial charge in [-0.3, -0.25) is 9.59 Å². The number of para-hydroxylation sites is 1. The van der Waals surface area contributed by atoms with Crippen LogP contribution in [-0.2, 0) is 4.79 Å². The van der Waals surface area contributed by atoms with Crippen LogP contribution in [-0.4, -0.2) is 35.3 Å². The number of nitrogens with zero attached hydrogens (tertiary/aromatic N) is 1. The van der Waals surface area contributed by atoms with E-state index in [2.05, 4.69) is 64.1 Å². The van der Waals surface area contributed by atoms with Crippen LogP contribution >= 0.6 is 11.6 Å². The second-order valence-corrected chi connectivity index (χ2v) is 11.3. The van der Waals surface area contributed by atoms with Gasteiger partial charge >= 0.3 is 0 Å². The second kappa shape index (κ2) is 10.4. The van der Waals surface area contributed by atoms with E-state index < -0.39 is 0 Å². The molecule has 0 spiro atoms. The topological polar surface area (TPSA) is 61.4 Å². The van der Waals surface area contributed by atoms with E-state index in [1.54, 1.807) is 24.3 Å². The van der Waals surface area contributed by atoms with Gasteiger partial charge in [0.25, 0.3) is 5.91 Å². The molecule has 0 bridgehead atoms. The summed E-state index contributed by atoms with van der Waals surface area (Å²) in [6.07, 6.45) is 14.5. The van der Waals surface area contributed by atoms with Crippen LogP contribution in [0.2, 0.25) is 5.02 Å². The molecule has 1 saturated carbocycles. The zero-order chi connectivity index (χ0) is 25.4. The zero-order valence-corrected chi connectivity index (χ0v) is 21.7. The third kappa shape index (κ3) is 4.70. The average Bonchev–Trinajstić information content (AvgIpc) is 3.39. The first-order valence-corrected chi connectivity index (χ1v) is 14.0. The molecule has 2 aromatic rings. The first kappa shape index (κ1) is 24.3. The van der Waals surface area contributed by atoms with E-state index in [-0.39, 0.29) is 29.8 Å². The van der Waals surface area contributed by atoms with Crippen molar-refractivity contribution in [3.8, 4) is 0 Å². The van der Waals surface area contributed by atoms with Crippen LogP contribution in [0, 0.1) is 17.8 Å². The molecule has 2 N–H and O–H groups in total. The van der Waals surface area contributed by atoms with Crippen LogP contribution in [0.5, 0.6) is 0 Å². The predicted octanol–water partition coefficient (Wildman–Crippen LogP) is 6.14. The van der Waals surface area contributed by atoms with Gasteiger partial charge in [0.1, 0.15) is 0 Å². The number of nitrogens with one attached hydrogen (secondary N) is 2. The van der Waals surface area contributed by atoms with Crippen molar-refractivity contribution < 1.29 is 9.59 Å². The fourth-order valence-electron chi connectivity index (χ4n) is 6.97. The Morgan fingerprint density at radius 2 is 1.78 bits per heavy atom. The lowest BCUT2D eigenvalue weighted by atomic mass is 9.75. The van der Waals surface area contributed by atoms with Crippen LogP contribution in [0.15, 0.2) is 72.8 Å². The smallest absolute Gasteiger partial charge is 0.251 e. The van der Waals surface area contributed by atoms with E-state index in [0.717, 1.165) is 50.8 Å². The molecule has 0 aromatic heterocycles. The lowest BCUT2D eigenvalue weighted by Crippen LogP contribution is -2.51. The fourth-order valence-corrected chi connectivity index (χ4v) is 7.09. The molecule has 6 atom stereocenters. The molecule has 37 heavy (non-hydrogen) atoms. The summed E-state index contributed by atoms with van der Waals surface area (Å²) >= 11 is 6.00. The molecule has 6 heteroatoms. The maximum Gasteiger partial charge on any atom is 0.251 e. The van der Waals surface area contributed by atoms with Crippen molar-refractivity contribution in [3.63, 3.8) is 0 Å². The Kier molecular flexibility index (Phi) is 6.81. The Bertz CT molecular complexity index is 1220. The maximum absolute atomic E-state index is 14.2. The lowest BCUT2D eigenvalue weighted by molar-refractivity contribution is -0.139. The summed E-state index contributed by atoms with van der Waals surface area (Å²) in [7, 11) is 0. The quantitative estimate of drug-likeness (QED) is 0.513. The highest BCUT2D eigenvalue weighted by Gasteiger charge is 2.49. The van der Waals surface area contributed by atoms with Crippen LogP contribution in [0.1, 0.15) is 60.5 Å². The number of carbonyl (C=O) groups excluding carboxylic acids is 2. The molecule has 1 saturated heterocycles. The Labute approximate surface area is 224 Å². The number of amides is 2. The van der Waals surface area contributed by atoms with Gasteiger partial charge in [-0.05, 0) is 61.6 Å². The predicted molar refractivity (Wildman–Crippen MR) is 147 cm³/mol. The number of carbonyl (C=O) groups is 2. The minimum absolute atomic E-state index is 0.0730. The van der Waals surface area contributed by atoms with Gasteiger partial charge in [-0.2, -0.15) is 0 Å². The monoisotopic (exact) mass is 515 g/mol. The van der Waals surface area contributed by atoms with Crippen molar-refractivity contribution >= 4 is 29.1 Å². The molecule has 2 amide bonds. The van der Waals surface area contributed by atoms with Gasteiger partial charge in [-0.15, -0.1) is 0 Å². The number of allylic oxidation sites excluding steroid dienone is 3. The van der Waals surface area contributed by atoms with E-state index in [1.807, 2.05) is 0 Å². The molecule has 2 aliphatic heterocycles. The second-order valence-electron chi connectivity index (χ2n) is 10.9. The largest absolute Gasteiger partial charge is 0.381 e. The molecule has 2 aliphatic carbocycles. The van der Waals surface area contributed by atoms with Gasteiger partial charge in [0.05, 0.1) is 12.0 Å². The van der Waals surface area contributed by atoms with Gasteiger partial charge in [-0.25, -0.2) is 0 Å². The minimum Gasteiger partial charge on any atom is -0.381 e. The van der Waals surface area contributed by atoms with Crippen molar-refractivity contribution in [2.75, 3.05) is 11.9 Å². The first-order valence-electron chi connectivity index (χ1n) is 13.7. The maximum atomic E-state index is 14.2. The Morgan fingerprint density at radius 1 is 0.973 bits per heavy atom. The number of anilines is 1. The van der Waals surface area contributed by atoms with Gasteiger partial charge in [0.2, 0.25) is 5.91 Å². The van der Waals surface area contributed by atoms with Gasteiger partial charge in [0.15, 0.2) is 0 Å². The number of benzene rings is 2. The molecule has 6 rings (SSSR count). The van der Waals surface area contributed by atoms with Crippen LogP contribution in [0.3, 0.4) is 0 Å². The summed E-state index contributed by atoms with van der Waals surface area (Å²) in [6, 6.07) is 15.6. The normalized spacial score (nSPS) is 30.2. The first-order chi connectivity index (χ1) is 18.1. The van der Waals surface area contributed by atoms with Crippen molar-refractivity contribution in [3.05, 3.63) is 89.0 Å². The summed E-state index contributed by atoms with van der Waals surface area (Å²) in [6.45, 7) is 0.765. The molecule has 0 radical (unpaired) electrons. The molecule has 2 heterocycles. The van der Waals surface area contributed by atoms with Crippen molar-refractivity contribution in [1.29, 1.82) is 0 Å². The number of likely N-dealkylation sites (tertiary alicyclic amines) is 1. The summed E-state index contributed by atoms with van der Waals surface area (Å²) < 4.78 is 0. The van der Waals surface area contributed by atoms with E-state index in [4.69, 9.17) is 11.6 Å². The van der Waals surface area contributed by atoms with E-state index in [9.17, 15) is 9.59 Å². The highest BCUT2D eigenvalue weighted by Crippen LogP contribution is 2.49. The van der Waals surface area contributed by atoms with Gasteiger partial charge in [0, 0.05) is 46.7 Å². The summed E-state index contributed by atoms with van der Waals surface area (Å²) in [4.78, 5) is 29.4. The molecule has 192 valence electrons. The number of hydrogen-bond acceptors (Lipinski definition) is 3. The van der Waals surface area contributed by atoms with Crippen LogP contribution in [0.25, 0.3) is 0 Å². The number of hydrogen-bond donors (Lipinski definition) is 2. The highest BCUT2D eigenvalue weighted by atomic mass is 35.5. The molecular weight excluding hydrogens is 482 g/mol. The Hall–Kier alpha value is -3.05. The molecule has 5 nitrogen and oxygen atoms in total. The van der Waals surface area contributed by atoms with Crippen LogP contribution < -0.4 is 10.6 Å². The molecule has 4 aliphatic rings. The third-order valence-corrected chi connectivity index (χ3v) is 9.02. The van der Waals surface area contributed by atoms with E-state index >= 15 is 0 Å². The fraction of sp³-hybridized carbons (Fsp3) is 0.419. The number of fused-ring (bicyclic) bond motifs is 3. The molecule has 1 unspecified atom stereocenters. The average molecular weight is 516 g/mol. The minimum atomic E-state index is -0.193. The molecular formula is C31H34ClN3O2. The molecule has 2 fully saturated rings. The summed E-state index contributed by atoms with van der Waals surface area (Å²) in [5, 5.41) is 7.65. The summed E-state index contributed by atoms with van der Waals surface area (Å²) in [5.41, 5.74) is 2.95. The Balaban J connectivity index is 1.25. The van der Waals surface area contributed by atoms with Crippen molar-refractivity contribution in [1.82, 2.24) is 10.2 Å². The van der Waals surface area contributed by atoms with Crippen LogP contribution in [0.4, 0.5) is 5.69 Å². The standard InChI is InChI=1S/C31H34ClN3O2/c32-22-16-14-21(15-17-22)30(36)34-27-13-7-5-11-24(27)31(37)35-19-18-25-28(20-8-2-1-3-9-20)33-26-12-6-4-10-23(26)29(25)35/h1-4,6,8,10,12,14-17,20,24-25,27-29,33H,5,7,9,11,13,18-19H2,(H,34,36)/t20?,24-,25+,27+,28-,29-/m0/s1. The number of halogens is 1. The van der Waals surface area contributed by atoms with Gasteiger partial charge in [-0.1, -0.05) is 66.9 Å². The van der Waals surface area contributed by atoms with Gasteiger partial charge < -0.3 is 15.5 Å².